The molecule has 2 rings (SSSR count). The van der Waals surface area contributed by atoms with E-state index in [1.807, 2.05) is 7.05 Å². The summed E-state index contributed by atoms with van der Waals surface area (Å²) in [6.45, 7) is 11.8. The summed E-state index contributed by atoms with van der Waals surface area (Å²) in [4.78, 5) is 9.24. The predicted molar refractivity (Wildman–Crippen MR) is 83.2 cm³/mol. The van der Waals surface area contributed by atoms with E-state index >= 15 is 0 Å². The van der Waals surface area contributed by atoms with Gasteiger partial charge in [0.25, 0.3) is 0 Å². The molecular weight excluding hydrogens is 252 g/mol. The molecule has 2 fully saturated rings. The van der Waals surface area contributed by atoms with Crippen molar-refractivity contribution >= 4 is 5.96 Å². The molecule has 2 aliphatic rings. The van der Waals surface area contributed by atoms with Crippen LogP contribution in [0.2, 0.25) is 0 Å². The number of guanidine groups is 1. The van der Waals surface area contributed by atoms with Crippen molar-refractivity contribution in [2.24, 2.45) is 10.9 Å². The number of nitrogens with one attached hydrogen (secondary N) is 1. The molecule has 0 spiro atoms. The lowest BCUT2D eigenvalue weighted by molar-refractivity contribution is -0.0286. The van der Waals surface area contributed by atoms with Crippen molar-refractivity contribution in [1.29, 1.82) is 0 Å². The van der Waals surface area contributed by atoms with Crippen molar-refractivity contribution < 1.29 is 4.74 Å². The van der Waals surface area contributed by atoms with Crippen LogP contribution < -0.4 is 5.32 Å². The van der Waals surface area contributed by atoms with Crippen molar-refractivity contribution in [2.75, 3.05) is 52.9 Å². The molecule has 1 N–H and O–H groups in total. The Morgan fingerprint density at radius 2 is 2.05 bits per heavy atom. The van der Waals surface area contributed by atoms with E-state index in [2.05, 4.69) is 34.0 Å². The number of morpholine rings is 1. The number of likely N-dealkylation sites (tertiary alicyclic amines) is 1. The molecule has 0 aromatic carbocycles. The fourth-order valence-electron chi connectivity index (χ4n) is 3.05. The summed E-state index contributed by atoms with van der Waals surface area (Å²) in [5, 5.41) is 3.48. The molecule has 5 nitrogen and oxygen atoms in total. The summed E-state index contributed by atoms with van der Waals surface area (Å²) < 4.78 is 5.87. The Labute approximate surface area is 123 Å². The lowest BCUT2D eigenvalue weighted by atomic mass is 10.2. The van der Waals surface area contributed by atoms with E-state index in [0.717, 1.165) is 51.2 Å². The second kappa shape index (κ2) is 7.84. The standard InChI is InChI=1S/C15H30N4O/c1-13(2)11-18-8-9-20-14(12-18)10-17-15(16-3)19-6-4-5-7-19/h13-14H,4-12H2,1-3H3,(H,16,17)/t14-/m0/s1. The second-order valence-electron chi connectivity index (χ2n) is 6.27. The van der Waals surface area contributed by atoms with E-state index < -0.39 is 0 Å². The van der Waals surface area contributed by atoms with Gasteiger partial charge in [-0.2, -0.15) is 0 Å². The Kier molecular flexibility index (Phi) is 6.10. The maximum atomic E-state index is 5.87. The van der Waals surface area contributed by atoms with Crippen molar-refractivity contribution in [3.63, 3.8) is 0 Å². The highest BCUT2D eigenvalue weighted by atomic mass is 16.5. The van der Waals surface area contributed by atoms with Crippen LogP contribution in [0.1, 0.15) is 26.7 Å². The van der Waals surface area contributed by atoms with Crippen LogP contribution in [0.25, 0.3) is 0 Å². The average molecular weight is 282 g/mol. The number of hydrogen-bond donors (Lipinski definition) is 1. The topological polar surface area (TPSA) is 40.1 Å². The van der Waals surface area contributed by atoms with E-state index in [1.165, 1.54) is 19.4 Å². The van der Waals surface area contributed by atoms with Crippen LogP contribution in [0.15, 0.2) is 4.99 Å². The van der Waals surface area contributed by atoms with Gasteiger partial charge in [0.2, 0.25) is 0 Å². The van der Waals surface area contributed by atoms with Gasteiger partial charge in [0.15, 0.2) is 5.96 Å². The maximum Gasteiger partial charge on any atom is 0.193 e. The van der Waals surface area contributed by atoms with E-state index in [1.54, 1.807) is 0 Å². The maximum absolute atomic E-state index is 5.87. The Morgan fingerprint density at radius 3 is 2.70 bits per heavy atom. The lowest BCUT2D eigenvalue weighted by Crippen LogP contribution is -2.50. The molecular formula is C15H30N4O. The highest BCUT2D eigenvalue weighted by Gasteiger charge is 2.22. The molecule has 0 unspecified atom stereocenters. The van der Waals surface area contributed by atoms with Crippen LogP contribution in [0.3, 0.4) is 0 Å². The number of nitrogens with zero attached hydrogens (tertiary/aromatic N) is 3. The first kappa shape index (κ1) is 15.6. The molecule has 0 aromatic rings. The minimum absolute atomic E-state index is 0.279. The van der Waals surface area contributed by atoms with Crippen LogP contribution >= 0.6 is 0 Å². The molecule has 2 heterocycles. The van der Waals surface area contributed by atoms with Gasteiger partial charge in [-0.15, -0.1) is 0 Å². The first-order chi connectivity index (χ1) is 9.69. The second-order valence-corrected chi connectivity index (χ2v) is 6.27. The monoisotopic (exact) mass is 282 g/mol. The molecule has 20 heavy (non-hydrogen) atoms. The van der Waals surface area contributed by atoms with E-state index in [9.17, 15) is 0 Å². The Hall–Kier alpha value is -0.810. The van der Waals surface area contributed by atoms with E-state index in [4.69, 9.17) is 4.74 Å². The molecule has 116 valence electrons. The Bertz CT molecular complexity index is 313. The van der Waals surface area contributed by atoms with Gasteiger partial charge in [-0.05, 0) is 18.8 Å². The molecule has 2 saturated heterocycles. The van der Waals surface area contributed by atoms with E-state index in [0.29, 0.717) is 0 Å². The largest absolute Gasteiger partial charge is 0.374 e. The summed E-state index contributed by atoms with van der Waals surface area (Å²) in [5.74, 6) is 1.76. The number of ether oxygens (including phenoxy) is 1. The first-order valence-corrected chi connectivity index (χ1v) is 7.98. The van der Waals surface area contributed by atoms with Gasteiger partial charge < -0.3 is 15.0 Å². The fraction of sp³-hybridized carbons (Fsp3) is 0.933. The summed E-state index contributed by atoms with van der Waals surface area (Å²) in [6.07, 6.45) is 2.84. The minimum atomic E-state index is 0.279. The van der Waals surface area contributed by atoms with Crippen molar-refractivity contribution in [2.45, 2.75) is 32.8 Å². The molecule has 0 saturated carbocycles. The summed E-state index contributed by atoms with van der Waals surface area (Å²) >= 11 is 0. The average Bonchev–Trinajstić information content (AvgIpc) is 2.93. The third-order valence-electron chi connectivity index (χ3n) is 3.95. The molecule has 1 atom stereocenters. The quantitative estimate of drug-likeness (QED) is 0.617. The Morgan fingerprint density at radius 1 is 1.30 bits per heavy atom. The third-order valence-corrected chi connectivity index (χ3v) is 3.95. The minimum Gasteiger partial charge on any atom is -0.374 e. The molecule has 5 heteroatoms. The van der Waals surface area contributed by atoms with Gasteiger partial charge in [0.05, 0.1) is 12.7 Å². The Balaban J connectivity index is 1.74. The van der Waals surface area contributed by atoms with Gasteiger partial charge in [0.1, 0.15) is 0 Å². The third kappa shape index (κ3) is 4.63. The summed E-state index contributed by atoms with van der Waals surface area (Å²) in [6, 6.07) is 0. The van der Waals surface area contributed by atoms with Crippen LogP contribution in [0, 0.1) is 5.92 Å². The summed E-state index contributed by atoms with van der Waals surface area (Å²) in [7, 11) is 1.87. The zero-order valence-electron chi connectivity index (χ0n) is 13.3. The van der Waals surface area contributed by atoms with Crippen LogP contribution in [-0.4, -0.2) is 74.8 Å². The van der Waals surface area contributed by atoms with Crippen LogP contribution in [-0.2, 0) is 4.74 Å². The van der Waals surface area contributed by atoms with Crippen molar-refractivity contribution in [1.82, 2.24) is 15.1 Å². The number of hydrogen-bond acceptors (Lipinski definition) is 3. The van der Waals surface area contributed by atoms with Crippen LogP contribution in [0.5, 0.6) is 0 Å². The van der Waals surface area contributed by atoms with Gasteiger partial charge in [-0.3, -0.25) is 9.89 Å². The zero-order valence-corrected chi connectivity index (χ0v) is 13.3. The van der Waals surface area contributed by atoms with Crippen molar-refractivity contribution in [3.05, 3.63) is 0 Å². The number of aliphatic imine (C=N–C) groups is 1. The van der Waals surface area contributed by atoms with Gasteiger partial charge in [-0.25, -0.2) is 0 Å². The SMILES string of the molecule is CN=C(NC[C@H]1CN(CC(C)C)CCO1)N1CCCC1. The molecule has 0 aliphatic carbocycles. The fourth-order valence-corrected chi connectivity index (χ4v) is 3.05. The normalized spacial score (nSPS) is 25.5. The predicted octanol–water partition coefficient (Wildman–Crippen LogP) is 1.01. The van der Waals surface area contributed by atoms with Crippen molar-refractivity contribution in [3.8, 4) is 0 Å². The molecule has 0 radical (unpaired) electrons. The smallest absolute Gasteiger partial charge is 0.193 e. The first-order valence-electron chi connectivity index (χ1n) is 7.98. The zero-order chi connectivity index (χ0) is 14.4. The molecule has 0 amide bonds. The number of rotatable bonds is 4. The molecule has 2 aliphatic heterocycles. The van der Waals surface area contributed by atoms with E-state index in [-0.39, 0.29) is 6.10 Å². The molecule has 0 aromatic heterocycles. The lowest BCUT2D eigenvalue weighted by Gasteiger charge is -2.34. The van der Waals surface area contributed by atoms with Gasteiger partial charge in [0, 0.05) is 46.3 Å². The van der Waals surface area contributed by atoms with Gasteiger partial charge >= 0.3 is 0 Å². The summed E-state index contributed by atoms with van der Waals surface area (Å²) in [5.41, 5.74) is 0. The van der Waals surface area contributed by atoms with Gasteiger partial charge in [-0.1, -0.05) is 13.8 Å². The highest BCUT2D eigenvalue weighted by molar-refractivity contribution is 5.80. The molecule has 0 bridgehead atoms. The van der Waals surface area contributed by atoms with Crippen LogP contribution in [0.4, 0.5) is 0 Å². The highest BCUT2D eigenvalue weighted by Crippen LogP contribution is 2.09.